The summed E-state index contributed by atoms with van der Waals surface area (Å²) in [6.07, 6.45) is 3.18. The number of carbonyl (C=O) groups is 1. The number of benzene rings is 1. The van der Waals surface area contributed by atoms with Crippen LogP contribution in [0.5, 0.6) is 0 Å². The van der Waals surface area contributed by atoms with Crippen LogP contribution >= 0.6 is 0 Å². The van der Waals surface area contributed by atoms with Crippen molar-refractivity contribution in [2.75, 3.05) is 7.05 Å². The van der Waals surface area contributed by atoms with Gasteiger partial charge in [-0.1, -0.05) is 38.0 Å². The maximum atomic E-state index is 11.1. The monoisotopic (exact) mass is 221 g/mol. The molecule has 0 radical (unpaired) electrons. The Morgan fingerprint density at radius 1 is 1.44 bits per heavy atom. The van der Waals surface area contributed by atoms with E-state index in [0.717, 1.165) is 24.8 Å². The Balaban J connectivity index is 2.94. The minimum Gasteiger partial charge on any atom is -0.478 e. The minimum absolute atomic E-state index is 0.132. The summed E-state index contributed by atoms with van der Waals surface area (Å²) in [5, 5.41) is 12.3. The van der Waals surface area contributed by atoms with Gasteiger partial charge < -0.3 is 10.4 Å². The highest BCUT2D eigenvalue weighted by atomic mass is 16.4. The first-order chi connectivity index (χ1) is 7.70. The molecule has 0 saturated heterocycles. The number of nitrogens with one attached hydrogen (secondary N) is 1. The van der Waals surface area contributed by atoms with Crippen LogP contribution in [0.4, 0.5) is 0 Å². The predicted molar refractivity (Wildman–Crippen MR) is 64.7 cm³/mol. The largest absolute Gasteiger partial charge is 0.478 e. The van der Waals surface area contributed by atoms with Crippen LogP contribution in [0.1, 0.15) is 48.1 Å². The van der Waals surface area contributed by atoms with E-state index < -0.39 is 5.97 Å². The third-order valence-corrected chi connectivity index (χ3v) is 2.76. The van der Waals surface area contributed by atoms with Crippen LogP contribution < -0.4 is 5.32 Å². The van der Waals surface area contributed by atoms with Gasteiger partial charge in [-0.05, 0) is 25.1 Å². The van der Waals surface area contributed by atoms with Crippen molar-refractivity contribution >= 4 is 5.97 Å². The first-order valence-corrected chi connectivity index (χ1v) is 5.70. The zero-order chi connectivity index (χ0) is 12.0. The lowest BCUT2D eigenvalue weighted by atomic mass is 9.96. The molecule has 0 bridgehead atoms. The Morgan fingerprint density at radius 2 is 2.12 bits per heavy atom. The molecule has 1 aromatic carbocycles. The van der Waals surface area contributed by atoms with Gasteiger partial charge >= 0.3 is 5.97 Å². The summed E-state index contributed by atoms with van der Waals surface area (Å²) in [6.45, 7) is 2.13. The normalized spacial score (nSPS) is 12.4. The summed E-state index contributed by atoms with van der Waals surface area (Å²) < 4.78 is 0. The van der Waals surface area contributed by atoms with Crippen LogP contribution in [0.15, 0.2) is 24.3 Å². The molecule has 0 aliphatic carbocycles. The Kier molecular flexibility index (Phi) is 4.99. The molecule has 0 aromatic heterocycles. The van der Waals surface area contributed by atoms with Gasteiger partial charge in [0.05, 0.1) is 5.56 Å². The SMILES string of the molecule is CCCCC(NC)c1ccccc1C(=O)O. The highest BCUT2D eigenvalue weighted by Gasteiger charge is 2.16. The van der Waals surface area contributed by atoms with Crippen molar-refractivity contribution < 1.29 is 9.90 Å². The van der Waals surface area contributed by atoms with Gasteiger partial charge in [-0.25, -0.2) is 4.79 Å². The van der Waals surface area contributed by atoms with Gasteiger partial charge in [0.2, 0.25) is 0 Å². The van der Waals surface area contributed by atoms with E-state index in [1.807, 2.05) is 19.2 Å². The number of hydrogen-bond acceptors (Lipinski definition) is 2. The molecule has 3 nitrogen and oxygen atoms in total. The molecule has 0 saturated carbocycles. The summed E-state index contributed by atoms with van der Waals surface area (Å²) in [7, 11) is 1.87. The van der Waals surface area contributed by atoms with Crippen LogP contribution in [0.25, 0.3) is 0 Å². The molecule has 3 heteroatoms. The van der Waals surface area contributed by atoms with Crippen molar-refractivity contribution in [3.8, 4) is 0 Å². The quantitative estimate of drug-likeness (QED) is 0.776. The topological polar surface area (TPSA) is 49.3 Å². The van der Waals surface area contributed by atoms with Crippen LogP contribution in [-0.2, 0) is 0 Å². The molecule has 0 spiro atoms. The van der Waals surface area contributed by atoms with Gasteiger partial charge in [-0.3, -0.25) is 0 Å². The molecule has 0 heterocycles. The molecule has 16 heavy (non-hydrogen) atoms. The number of aromatic carboxylic acids is 1. The number of carboxylic acids is 1. The molecule has 88 valence electrons. The van der Waals surface area contributed by atoms with Gasteiger partial charge in [0.25, 0.3) is 0 Å². The molecular weight excluding hydrogens is 202 g/mol. The highest BCUT2D eigenvalue weighted by molar-refractivity contribution is 5.89. The first-order valence-electron chi connectivity index (χ1n) is 5.70. The van der Waals surface area contributed by atoms with E-state index in [9.17, 15) is 4.79 Å². The van der Waals surface area contributed by atoms with Crippen LogP contribution in [-0.4, -0.2) is 18.1 Å². The molecule has 0 aliphatic heterocycles. The van der Waals surface area contributed by atoms with E-state index >= 15 is 0 Å². The van der Waals surface area contributed by atoms with Crippen molar-refractivity contribution in [2.45, 2.75) is 32.2 Å². The maximum absolute atomic E-state index is 11.1. The van der Waals surface area contributed by atoms with Gasteiger partial charge in [0.15, 0.2) is 0 Å². The standard InChI is InChI=1S/C13H19NO2/c1-3-4-9-12(14-2)10-7-5-6-8-11(10)13(15)16/h5-8,12,14H,3-4,9H2,1-2H3,(H,15,16). The highest BCUT2D eigenvalue weighted by Crippen LogP contribution is 2.22. The number of unbranched alkanes of at least 4 members (excludes halogenated alkanes) is 1. The summed E-state index contributed by atoms with van der Waals surface area (Å²) in [5.41, 5.74) is 1.28. The van der Waals surface area contributed by atoms with Crippen molar-refractivity contribution in [2.24, 2.45) is 0 Å². The number of hydrogen-bond donors (Lipinski definition) is 2. The van der Waals surface area contributed by atoms with Gasteiger partial charge in [-0.15, -0.1) is 0 Å². The lowest BCUT2D eigenvalue weighted by Crippen LogP contribution is -2.19. The molecule has 1 aromatic rings. The van der Waals surface area contributed by atoms with Crippen LogP contribution in [0, 0.1) is 0 Å². The zero-order valence-corrected chi connectivity index (χ0v) is 9.86. The Bertz CT molecular complexity index is 350. The summed E-state index contributed by atoms with van der Waals surface area (Å²) in [6, 6.07) is 7.33. The number of carboxylic acid groups (broad SMARTS) is 1. The van der Waals surface area contributed by atoms with E-state index in [1.54, 1.807) is 12.1 Å². The minimum atomic E-state index is -0.854. The Labute approximate surface area is 96.5 Å². The Hall–Kier alpha value is -1.35. The second kappa shape index (κ2) is 6.28. The van der Waals surface area contributed by atoms with Crippen LogP contribution in [0.2, 0.25) is 0 Å². The van der Waals surface area contributed by atoms with E-state index in [2.05, 4.69) is 12.2 Å². The average Bonchev–Trinajstić information content (AvgIpc) is 2.30. The molecule has 0 aliphatic rings. The van der Waals surface area contributed by atoms with Crippen molar-refractivity contribution in [1.82, 2.24) is 5.32 Å². The second-order valence-electron chi connectivity index (χ2n) is 3.88. The molecule has 1 unspecified atom stereocenters. The van der Waals surface area contributed by atoms with E-state index in [0.29, 0.717) is 5.56 Å². The fourth-order valence-corrected chi connectivity index (χ4v) is 1.86. The van der Waals surface area contributed by atoms with Gasteiger partial charge in [-0.2, -0.15) is 0 Å². The molecule has 0 fully saturated rings. The van der Waals surface area contributed by atoms with Crippen molar-refractivity contribution in [3.05, 3.63) is 35.4 Å². The summed E-state index contributed by atoms with van der Waals surface area (Å²) in [4.78, 5) is 11.1. The smallest absolute Gasteiger partial charge is 0.336 e. The molecule has 1 rings (SSSR count). The van der Waals surface area contributed by atoms with Crippen molar-refractivity contribution in [1.29, 1.82) is 0 Å². The summed E-state index contributed by atoms with van der Waals surface area (Å²) >= 11 is 0. The fourth-order valence-electron chi connectivity index (χ4n) is 1.86. The number of rotatable bonds is 6. The molecule has 1 atom stereocenters. The van der Waals surface area contributed by atoms with E-state index in [-0.39, 0.29) is 6.04 Å². The zero-order valence-electron chi connectivity index (χ0n) is 9.86. The fraction of sp³-hybridized carbons (Fsp3) is 0.462. The van der Waals surface area contributed by atoms with E-state index in [1.165, 1.54) is 0 Å². The lowest BCUT2D eigenvalue weighted by molar-refractivity contribution is 0.0695. The van der Waals surface area contributed by atoms with Gasteiger partial charge in [0.1, 0.15) is 0 Å². The maximum Gasteiger partial charge on any atom is 0.336 e. The summed E-state index contributed by atoms with van der Waals surface area (Å²) in [5.74, 6) is -0.854. The predicted octanol–water partition coefficient (Wildman–Crippen LogP) is 2.84. The second-order valence-corrected chi connectivity index (χ2v) is 3.88. The molecular formula is C13H19NO2. The average molecular weight is 221 g/mol. The van der Waals surface area contributed by atoms with Crippen molar-refractivity contribution in [3.63, 3.8) is 0 Å². The van der Waals surface area contributed by atoms with Gasteiger partial charge in [0, 0.05) is 6.04 Å². The molecule has 2 N–H and O–H groups in total. The molecule has 0 amide bonds. The first kappa shape index (κ1) is 12.7. The Morgan fingerprint density at radius 3 is 2.69 bits per heavy atom. The lowest BCUT2D eigenvalue weighted by Gasteiger charge is -2.18. The third-order valence-electron chi connectivity index (χ3n) is 2.76. The van der Waals surface area contributed by atoms with E-state index in [4.69, 9.17) is 5.11 Å². The third kappa shape index (κ3) is 3.07. The van der Waals surface area contributed by atoms with Crippen LogP contribution in [0.3, 0.4) is 0 Å².